The van der Waals surface area contributed by atoms with E-state index in [-0.39, 0.29) is 11.3 Å². The Morgan fingerprint density at radius 2 is 2.25 bits per heavy atom. The minimum atomic E-state index is -0.656. The molecule has 4 N–H and O–H groups in total. The Morgan fingerprint density at radius 1 is 1.44 bits per heavy atom. The third kappa shape index (κ3) is 2.00. The van der Waals surface area contributed by atoms with E-state index in [1.807, 2.05) is 0 Å². The number of aromatic amines is 1. The van der Waals surface area contributed by atoms with Gasteiger partial charge in [0.1, 0.15) is 11.6 Å². The standard InChI is InChI=1S/C10H9FN4O/c11-8-5-6(12)1-2-7(8)10(16)14-9-3-4-13-15-9/h1-5H,12H2,(H2,13,14,15,16). The van der Waals surface area contributed by atoms with Gasteiger partial charge in [-0.05, 0) is 18.2 Å². The number of amides is 1. The van der Waals surface area contributed by atoms with Crippen LogP contribution >= 0.6 is 0 Å². The van der Waals surface area contributed by atoms with Crippen molar-refractivity contribution in [3.63, 3.8) is 0 Å². The molecular weight excluding hydrogens is 211 g/mol. The van der Waals surface area contributed by atoms with Gasteiger partial charge in [0.2, 0.25) is 0 Å². The Hall–Kier alpha value is -2.37. The number of H-pyrrole nitrogens is 1. The summed E-state index contributed by atoms with van der Waals surface area (Å²) in [4.78, 5) is 11.6. The second-order valence-electron chi connectivity index (χ2n) is 3.16. The van der Waals surface area contributed by atoms with E-state index in [4.69, 9.17) is 5.73 Å². The highest BCUT2D eigenvalue weighted by Gasteiger charge is 2.12. The monoisotopic (exact) mass is 220 g/mol. The van der Waals surface area contributed by atoms with E-state index in [9.17, 15) is 9.18 Å². The van der Waals surface area contributed by atoms with E-state index >= 15 is 0 Å². The lowest BCUT2D eigenvalue weighted by atomic mass is 10.2. The van der Waals surface area contributed by atoms with E-state index in [0.717, 1.165) is 6.07 Å². The van der Waals surface area contributed by atoms with E-state index in [1.165, 1.54) is 18.3 Å². The maximum atomic E-state index is 13.4. The number of nitrogens with two attached hydrogens (primary N) is 1. The van der Waals surface area contributed by atoms with Crippen LogP contribution in [0.4, 0.5) is 15.9 Å². The molecule has 0 saturated heterocycles. The zero-order chi connectivity index (χ0) is 11.5. The van der Waals surface area contributed by atoms with Crippen molar-refractivity contribution >= 4 is 17.4 Å². The fraction of sp³-hybridized carbons (Fsp3) is 0. The van der Waals surface area contributed by atoms with Crippen LogP contribution in [0.5, 0.6) is 0 Å². The van der Waals surface area contributed by atoms with Crippen molar-refractivity contribution in [1.82, 2.24) is 10.2 Å². The van der Waals surface area contributed by atoms with Crippen molar-refractivity contribution < 1.29 is 9.18 Å². The van der Waals surface area contributed by atoms with Gasteiger partial charge in [0.15, 0.2) is 0 Å². The first-order chi connectivity index (χ1) is 7.66. The molecule has 0 spiro atoms. The number of aromatic nitrogens is 2. The molecule has 0 unspecified atom stereocenters. The van der Waals surface area contributed by atoms with E-state index in [0.29, 0.717) is 5.82 Å². The van der Waals surface area contributed by atoms with Gasteiger partial charge in [0, 0.05) is 11.8 Å². The molecule has 0 aliphatic rings. The zero-order valence-corrected chi connectivity index (χ0v) is 8.20. The van der Waals surface area contributed by atoms with Crippen molar-refractivity contribution in [2.75, 3.05) is 11.1 Å². The minimum absolute atomic E-state index is 0.0659. The third-order valence-corrected chi connectivity index (χ3v) is 1.99. The second-order valence-corrected chi connectivity index (χ2v) is 3.16. The third-order valence-electron chi connectivity index (χ3n) is 1.99. The van der Waals surface area contributed by atoms with Crippen LogP contribution in [0.2, 0.25) is 0 Å². The van der Waals surface area contributed by atoms with Crippen LogP contribution in [0.1, 0.15) is 10.4 Å². The van der Waals surface area contributed by atoms with Gasteiger partial charge < -0.3 is 11.1 Å². The first kappa shape index (κ1) is 10.2. The first-order valence-electron chi connectivity index (χ1n) is 4.52. The van der Waals surface area contributed by atoms with Gasteiger partial charge in [0.05, 0.1) is 11.8 Å². The van der Waals surface area contributed by atoms with E-state index in [2.05, 4.69) is 15.5 Å². The lowest BCUT2D eigenvalue weighted by Crippen LogP contribution is -2.14. The summed E-state index contributed by atoms with van der Waals surface area (Å²) in [5, 5.41) is 8.65. The first-order valence-corrected chi connectivity index (χ1v) is 4.52. The molecule has 1 aromatic heterocycles. The fourth-order valence-corrected chi connectivity index (χ4v) is 1.23. The summed E-state index contributed by atoms with van der Waals surface area (Å²) < 4.78 is 13.4. The molecule has 0 radical (unpaired) electrons. The number of hydrogen-bond donors (Lipinski definition) is 3. The van der Waals surface area contributed by atoms with Gasteiger partial charge in [-0.25, -0.2) is 4.39 Å². The van der Waals surface area contributed by atoms with Crippen molar-refractivity contribution in [1.29, 1.82) is 0 Å². The molecule has 1 amide bonds. The van der Waals surface area contributed by atoms with Gasteiger partial charge in [0.25, 0.3) is 5.91 Å². The summed E-state index contributed by atoms with van der Waals surface area (Å²) in [6, 6.07) is 5.45. The normalized spacial score (nSPS) is 10.1. The molecule has 2 rings (SSSR count). The number of nitrogen functional groups attached to an aromatic ring is 1. The Kier molecular flexibility index (Phi) is 2.55. The van der Waals surface area contributed by atoms with Gasteiger partial charge in [-0.3, -0.25) is 9.89 Å². The van der Waals surface area contributed by atoms with Gasteiger partial charge in [-0.1, -0.05) is 0 Å². The average molecular weight is 220 g/mol. The molecule has 1 heterocycles. The molecule has 0 aliphatic carbocycles. The quantitative estimate of drug-likeness (QED) is 0.668. The number of carbonyl (C=O) groups is 1. The van der Waals surface area contributed by atoms with Crippen molar-refractivity contribution in [2.24, 2.45) is 0 Å². The van der Waals surface area contributed by atoms with Crippen LogP contribution in [0.3, 0.4) is 0 Å². The van der Waals surface area contributed by atoms with Crippen LogP contribution in [0, 0.1) is 5.82 Å². The Morgan fingerprint density at radius 3 is 2.88 bits per heavy atom. The zero-order valence-electron chi connectivity index (χ0n) is 8.20. The maximum absolute atomic E-state index is 13.4. The molecule has 5 nitrogen and oxygen atoms in total. The predicted molar refractivity (Wildman–Crippen MR) is 57.4 cm³/mol. The maximum Gasteiger partial charge on any atom is 0.259 e. The number of rotatable bonds is 2. The molecule has 0 aliphatic heterocycles. The summed E-state index contributed by atoms with van der Waals surface area (Å²) in [5.41, 5.74) is 5.58. The van der Waals surface area contributed by atoms with Crippen molar-refractivity contribution in [3.8, 4) is 0 Å². The SMILES string of the molecule is Nc1ccc(C(=O)Nc2ccn[nH]2)c(F)c1. The van der Waals surface area contributed by atoms with Crippen LogP contribution in [-0.2, 0) is 0 Å². The lowest BCUT2D eigenvalue weighted by molar-refractivity contribution is 0.102. The van der Waals surface area contributed by atoms with Gasteiger partial charge in [-0.15, -0.1) is 0 Å². The highest BCUT2D eigenvalue weighted by Crippen LogP contribution is 2.13. The second kappa shape index (κ2) is 4.01. The van der Waals surface area contributed by atoms with E-state index in [1.54, 1.807) is 6.07 Å². The Balaban J connectivity index is 2.21. The molecule has 16 heavy (non-hydrogen) atoms. The van der Waals surface area contributed by atoms with Crippen LogP contribution in [0.25, 0.3) is 0 Å². The summed E-state index contributed by atoms with van der Waals surface area (Å²) in [6.45, 7) is 0. The Labute approximate surface area is 90.5 Å². The molecule has 2 aromatic rings. The highest BCUT2D eigenvalue weighted by molar-refractivity contribution is 6.04. The van der Waals surface area contributed by atoms with Crippen molar-refractivity contribution in [2.45, 2.75) is 0 Å². The molecule has 0 saturated carbocycles. The molecule has 1 aromatic carbocycles. The summed E-state index contributed by atoms with van der Waals surface area (Å²) >= 11 is 0. The predicted octanol–water partition coefficient (Wildman–Crippen LogP) is 1.38. The summed E-state index contributed by atoms with van der Waals surface area (Å²) in [5.74, 6) is -0.806. The van der Waals surface area contributed by atoms with Gasteiger partial charge in [-0.2, -0.15) is 5.10 Å². The highest BCUT2D eigenvalue weighted by atomic mass is 19.1. The smallest absolute Gasteiger partial charge is 0.259 e. The van der Waals surface area contributed by atoms with Crippen LogP contribution in [0.15, 0.2) is 30.5 Å². The summed E-state index contributed by atoms with van der Waals surface area (Å²) in [7, 11) is 0. The minimum Gasteiger partial charge on any atom is -0.399 e. The number of hydrogen-bond acceptors (Lipinski definition) is 3. The number of benzene rings is 1. The number of nitrogens with zero attached hydrogens (tertiary/aromatic N) is 1. The topological polar surface area (TPSA) is 83.8 Å². The van der Waals surface area contributed by atoms with Gasteiger partial charge >= 0.3 is 0 Å². The fourth-order valence-electron chi connectivity index (χ4n) is 1.23. The molecule has 6 heteroatoms. The largest absolute Gasteiger partial charge is 0.399 e. The number of carbonyl (C=O) groups excluding carboxylic acids is 1. The van der Waals surface area contributed by atoms with Crippen molar-refractivity contribution in [3.05, 3.63) is 41.8 Å². The number of nitrogens with one attached hydrogen (secondary N) is 2. The molecule has 0 bridgehead atoms. The van der Waals surface area contributed by atoms with E-state index < -0.39 is 11.7 Å². The summed E-state index contributed by atoms with van der Waals surface area (Å²) in [6.07, 6.45) is 1.48. The van der Waals surface area contributed by atoms with Crippen LogP contribution in [-0.4, -0.2) is 16.1 Å². The number of halogens is 1. The molecule has 82 valence electrons. The number of anilines is 2. The average Bonchev–Trinajstić information content (AvgIpc) is 2.70. The lowest BCUT2D eigenvalue weighted by Gasteiger charge is -2.04. The molecule has 0 fully saturated rings. The molecule has 0 atom stereocenters. The Bertz CT molecular complexity index is 510. The van der Waals surface area contributed by atoms with Crippen LogP contribution < -0.4 is 11.1 Å². The molecular formula is C10H9FN4O.